The van der Waals surface area contributed by atoms with Gasteiger partial charge in [-0.2, -0.15) is 0 Å². The molecule has 2 fully saturated rings. The lowest BCUT2D eigenvalue weighted by Crippen LogP contribution is -2.56. The highest BCUT2D eigenvalue weighted by Gasteiger charge is 2.48. The number of fused-ring (bicyclic) bond motifs is 1. The van der Waals surface area contributed by atoms with Crippen molar-refractivity contribution >= 4 is 0 Å². The Balaban J connectivity index is 1.50. The van der Waals surface area contributed by atoms with Crippen LogP contribution in [0, 0.1) is 11.2 Å². The van der Waals surface area contributed by atoms with Crippen LogP contribution in [0.3, 0.4) is 0 Å². The monoisotopic (exact) mass is 301 g/mol. The number of halogens is 1. The van der Waals surface area contributed by atoms with Gasteiger partial charge >= 0.3 is 0 Å². The van der Waals surface area contributed by atoms with Gasteiger partial charge in [-0.15, -0.1) is 0 Å². The maximum atomic E-state index is 14.1. The molecular formula is C20H28FN. The van der Waals surface area contributed by atoms with Crippen LogP contribution < -0.4 is 0 Å². The predicted molar refractivity (Wildman–Crippen MR) is 88.3 cm³/mol. The lowest BCUT2D eigenvalue weighted by atomic mass is 9.57. The van der Waals surface area contributed by atoms with Crippen LogP contribution >= 0.6 is 0 Å². The van der Waals surface area contributed by atoms with Gasteiger partial charge in [0.2, 0.25) is 0 Å². The van der Waals surface area contributed by atoms with Gasteiger partial charge in [-0.05, 0) is 61.1 Å². The molecule has 1 atom stereocenters. The van der Waals surface area contributed by atoms with Gasteiger partial charge in [0, 0.05) is 18.6 Å². The second-order valence-electron chi connectivity index (χ2n) is 7.94. The normalized spacial score (nSPS) is 28.4. The van der Waals surface area contributed by atoms with Gasteiger partial charge in [0.1, 0.15) is 5.82 Å². The zero-order valence-corrected chi connectivity index (χ0v) is 13.8. The van der Waals surface area contributed by atoms with E-state index >= 15 is 0 Å². The summed E-state index contributed by atoms with van der Waals surface area (Å²) in [7, 11) is 0. The van der Waals surface area contributed by atoms with Crippen molar-refractivity contribution in [1.82, 2.24) is 4.90 Å². The minimum atomic E-state index is 0.00737. The molecule has 2 saturated carbocycles. The maximum absolute atomic E-state index is 14.1. The predicted octanol–water partition coefficient (Wildman–Crippen LogP) is 5.08. The summed E-state index contributed by atoms with van der Waals surface area (Å²) < 4.78 is 14.1. The average Bonchev–Trinajstić information content (AvgIpc) is 2.52. The van der Waals surface area contributed by atoms with Crippen molar-refractivity contribution in [3.05, 3.63) is 35.1 Å². The summed E-state index contributed by atoms with van der Waals surface area (Å²) in [6.07, 6.45) is 12.1. The first-order valence-corrected chi connectivity index (χ1v) is 9.23. The number of benzene rings is 1. The van der Waals surface area contributed by atoms with Gasteiger partial charge in [0.05, 0.1) is 0 Å². The summed E-state index contributed by atoms with van der Waals surface area (Å²) >= 11 is 0. The topological polar surface area (TPSA) is 3.24 Å². The molecule has 0 saturated heterocycles. The highest BCUT2D eigenvalue weighted by Crippen LogP contribution is 2.54. The van der Waals surface area contributed by atoms with Gasteiger partial charge in [-0.25, -0.2) is 4.39 Å². The van der Waals surface area contributed by atoms with E-state index in [4.69, 9.17) is 0 Å². The highest BCUT2D eigenvalue weighted by atomic mass is 19.1. The van der Waals surface area contributed by atoms with E-state index in [1.54, 1.807) is 6.07 Å². The molecule has 4 rings (SSSR count). The van der Waals surface area contributed by atoms with Crippen LogP contribution in [0.5, 0.6) is 0 Å². The quantitative estimate of drug-likeness (QED) is 0.736. The molecule has 22 heavy (non-hydrogen) atoms. The van der Waals surface area contributed by atoms with E-state index in [1.165, 1.54) is 50.5 Å². The molecule has 1 aromatic carbocycles. The molecular weight excluding hydrogens is 273 g/mol. The Morgan fingerprint density at radius 2 is 1.95 bits per heavy atom. The first-order chi connectivity index (χ1) is 10.7. The minimum Gasteiger partial charge on any atom is -0.293 e. The number of rotatable bonds is 2. The van der Waals surface area contributed by atoms with E-state index in [2.05, 4.69) is 17.9 Å². The fraction of sp³-hybridized carbons (Fsp3) is 0.700. The summed E-state index contributed by atoms with van der Waals surface area (Å²) in [4.78, 5) is 2.71. The standard InChI is InChI=1S/C20H28FN/c1-2-16-11-18-15(7-6-8-19(18)21)14-22(16)17-12-20(13-17)9-4-3-5-10-20/h6-8,16-17H,2-5,9-14H2,1H3/t16-/m0/s1. The lowest BCUT2D eigenvalue weighted by molar-refractivity contribution is -0.0512. The maximum Gasteiger partial charge on any atom is 0.126 e. The molecule has 120 valence electrons. The molecule has 0 N–H and O–H groups in total. The van der Waals surface area contributed by atoms with Crippen molar-refractivity contribution < 1.29 is 4.39 Å². The van der Waals surface area contributed by atoms with E-state index in [0.717, 1.165) is 31.0 Å². The molecule has 0 radical (unpaired) electrons. The zero-order valence-electron chi connectivity index (χ0n) is 13.8. The van der Waals surface area contributed by atoms with E-state index < -0.39 is 0 Å². The summed E-state index contributed by atoms with van der Waals surface area (Å²) in [5, 5.41) is 0. The van der Waals surface area contributed by atoms with Crippen molar-refractivity contribution in [2.45, 2.75) is 83.3 Å². The van der Waals surface area contributed by atoms with Crippen molar-refractivity contribution in [3.63, 3.8) is 0 Å². The molecule has 0 amide bonds. The Labute approximate surface area is 133 Å². The Kier molecular flexibility index (Phi) is 3.76. The van der Waals surface area contributed by atoms with E-state index in [0.29, 0.717) is 11.5 Å². The average molecular weight is 301 g/mol. The Morgan fingerprint density at radius 3 is 2.68 bits per heavy atom. The second kappa shape index (κ2) is 5.63. The van der Waals surface area contributed by atoms with Gasteiger partial charge in [0.25, 0.3) is 0 Å². The van der Waals surface area contributed by atoms with Gasteiger partial charge in [0.15, 0.2) is 0 Å². The number of hydrogen-bond donors (Lipinski definition) is 0. The minimum absolute atomic E-state index is 0.00737. The summed E-state index contributed by atoms with van der Waals surface area (Å²) in [6, 6.07) is 6.92. The molecule has 1 nitrogen and oxygen atoms in total. The first kappa shape index (κ1) is 14.7. The lowest BCUT2D eigenvalue weighted by Gasteiger charge is -2.56. The molecule has 0 unspecified atom stereocenters. The van der Waals surface area contributed by atoms with Crippen LogP contribution in [0.1, 0.15) is 69.4 Å². The summed E-state index contributed by atoms with van der Waals surface area (Å²) in [6.45, 7) is 3.23. The van der Waals surface area contributed by atoms with E-state index in [9.17, 15) is 4.39 Å². The summed E-state index contributed by atoms with van der Waals surface area (Å²) in [5.74, 6) is 0.00737. The van der Waals surface area contributed by atoms with Crippen LogP contribution in [0.25, 0.3) is 0 Å². The SMILES string of the molecule is CC[C@H]1Cc2c(F)cccc2CN1C1CC2(CCCCC2)C1. The molecule has 2 aliphatic carbocycles. The van der Waals surface area contributed by atoms with Gasteiger partial charge in [-0.3, -0.25) is 4.90 Å². The molecule has 3 aliphatic rings. The molecule has 1 aliphatic heterocycles. The van der Waals surface area contributed by atoms with Crippen LogP contribution in [-0.2, 0) is 13.0 Å². The molecule has 0 bridgehead atoms. The molecule has 0 aromatic heterocycles. The fourth-order valence-corrected chi connectivity index (χ4v) is 5.35. The molecule has 1 spiro atoms. The van der Waals surface area contributed by atoms with Crippen LogP contribution in [0.2, 0.25) is 0 Å². The van der Waals surface area contributed by atoms with Crippen molar-refractivity contribution in [2.75, 3.05) is 0 Å². The van der Waals surface area contributed by atoms with E-state index in [-0.39, 0.29) is 5.82 Å². The smallest absolute Gasteiger partial charge is 0.126 e. The largest absolute Gasteiger partial charge is 0.293 e. The van der Waals surface area contributed by atoms with Crippen molar-refractivity contribution in [1.29, 1.82) is 0 Å². The van der Waals surface area contributed by atoms with E-state index in [1.807, 2.05) is 6.07 Å². The Morgan fingerprint density at radius 1 is 1.18 bits per heavy atom. The second-order valence-corrected chi connectivity index (χ2v) is 7.94. The number of nitrogens with zero attached hydrogens (tertiary/aromatic N) is 1. The van der Waals surface area contributed by atoms with Gasteiger partial charge in [-0.1, -0.05) is 38.3 Å². The van der Waals surface area contributed by atoms with Crippen LogP contribution in [0.4, 0.5) is 4.39 Å². The highest BCUT2D eigenvalue weighted by molar-refractivity contribution is 5.32. The third-order valence-corrected chi connectivity index (χ3v) is 6.67. The fourth-order valence-electron chi connectivity index (χ4n) is 5.35. The molecule has 1 aromatic rings. The molecule has 2 heteroatoms. The third kappa shape index (κ3) is 2.40. The Bertz CT molecular complexity index is 539. The summed E-state index contributed by atoms with van der Waals surface area (Å²) in [5.41, 5.74) is 2.90. The van der Waals surface area contributed by atoms with Crippen LogP contribution in [0.15, 0.2) is 18.2 Å². The molecule has 1 heterocycles. The number of hydrogen-bond acceptors (Lipinski definition) is 1. The van der Waals surface area contributed by atoms with Crippen molar-refractivity contribution in [2.24, 2.45) is 5.41 Å². The van der Waals surface area contributed by atoms with Crippen molar-refractivity contribution in [3.8, 4) is 0 Å². The first-order valence-electron chi connectivity index (χ1n) is 9.23. The Hall–Kier alpha value is -0.890. The van der Waals surface area contributed by atoms with Gasteiger partial charge < -0.3 is 0 Å². The third-order valence-electron chi connectivity index (χ3n) is 6.67. The zero-order chi connectivity index (χ0) is 15.2. The van der Waals surface area contributed by atoms with Crippen LogP contribution in [-0.4, -0.2) is 17.0 Å².